The number of rotatable bonds is 3. The van der Waals surface area contributed by atoms with Crippen LogP contribution < -0.4 is 10.6 Å². The zero-order valence-electron chi connectivity index (χ0n) is 10.7. The predicted octanol–water partition coefficient (Wildman–Crippen LogP) is 2.27. The highest BCUT2D eigenvalue weighted by Gasteiger charge is 2.20. The van der Waals surface area contributed by atoms with Crippen LogP contribution in [0.15, 0.2) is 24.3 Å². The molecule has 2 unspecified atom stereocenters. The summed E-state index contributed by atoms with van der Waals surface area (Å²) < 4.78 is 10.7. The highest BCUT2D eigenvalue weighted by Crippen LogP contribution is 2.20. The van der Waals surface area contributed by atoms with Crippen LogP contribution >= 0.6 is 11.6 Å². The van der Waals surface area contributed by atoms with E-state index in [-0.39, 0.29) is 18.8 Å². The molecule has 2 N–H and O–H groups in total. The standard InChI is InChI=1S/C13H17ClN2O3/c1-9-6-15-7-10(19-9)8-18-13(17)16-12-5-3-2-4-11(12)14/h2-5,9-10,15H,6-8H2,1H3,(H,16,17). The maximum atomic E-state index is 11.6. The molecule has 1 heterocycles. The smallest absolute Gasteiger partial charge is 0.411 e. The van der Waals surface area contributed by atoms with E-state index in [1.807, 2.05) is 6.92 Å². The molecular formula is C13H17ClN2O3. The van der Waals surface area contributed by atoms with Crippen LogP contribution in [0.3, 0.4) is 0 Å². The first-order chi connectivity index (χ1) is 9.15. The number of halogens is 1. The van der Waals surface area contributed by atoms with Gasteiger partial charge in [-0.1, -0.05) is 23.7 Å². The molecule has 0 aromatic heterocycles. The Bertz CT molecular complexity index is 442. The van der Waals surface area contributed by atoms with Crippen LogP contribution in [0.2, 0.25) is 5.02 Å². The van der Waals surface area contributed by atoms with Crippen molar-refractivity contribution in [3.05, 3.63) is 29.3 Å². The van der Waals surface area contributed by atoms with Crippen LogP contribution in [0, 0.1) is 0 Å². The van der Waals surface area contributed by atoms with E-state index in [1.165, 1.54) is 0 Å². The Labute approximate surface area is 117 Å². The zero-order valence-corrected chi connectivity index (χ0v) is 11.4. The van der Waals surface area contributed by atoms with Gasteiger partial charge in [-0.25, -0.2) is 4.79 Å². The fourth-order valence-electron chi connectivity index (χ4n) is 1.85. The van der Waals surface area contributed by atoms with Crippen molar-refractivity contribution in [3.63, 3.8) is 0 Å². The number of hydrogen-bond acceptors (Lipinski definition) is 4. The van der Waals surface area contributed by atoms with Gasteiger partial charge in [0.15, 0.2) is 0 Å². The molecule has 1 aromatic carbocycles. The SMILES string of the molecule is CC1CNCC(COC(=O)Nc2ccccc2Cl)O1. The number of ether oxygens (including phenoxy) is 2. The Morgan fingerprint density at radius 2 is 2.32 bits per heavy atom. The average Bonchev–Trinajstić information content (AvgIpc) is 2.39. The van der Waals surface area contributed by atoms with Gasteiger partial charge in [-0.2, -0.15) is 0 Å². The van der Waals surface area contributed by atoms with Gasteiger partial charge in [0.2, 0.25) is 0 Å². The molecule has 1 aliphatic heterocycles. The summed E-state index contributed by atoms with van der Waals surface area (Å²) in [5, 5.41) is 6.28. The van der Waals surface area contributed by atoms with E-state index in [0.29, 0.717) is 17.3 Å². The zero-order chi connectivity index (χ0) is 13.7. The van der Waals surface area contributed by atoms with Crippen molar-refractivity contribution in [2.45, 2.75) is 19.1 Å². The third-order valence-corrected chi connectivity index (χ3v) is 3.07. The molecule has 1 fully saturated rings. The van der Waals surface area contributed by atoms with Crippen molar-refractivity contribution in [1.29, 1.82) is 0 Å². The van der Waals surface area contributed by atoms with Crippen LogP contribution in [0.5, 0.6) is 0 Å². The van der Waals surface area contributed by atoms with E-state index < -0.39 is 6.09 Å². The second-order valence-corrected chi connectivity index (χ2v) is 4.84. The van der Waals surface area contributed by atoms with Gasteiger partial charge in [-0.15, -0.1) is 0 Å². The first kappa shape index (κ1) is 14.1. The summed E-state index contributed by atoms with van der Waals surface area (Å²) in [6.07, 6.45) is -0.510. The molecule has 1 aromatic rings. The van der Waals surface area contributed by atoms with E-state index in [1.54, 1.807) is 24.3 Å². The number of morpholine rings is 1. The average molecular weight is 285 g/mol. The maximum Gasteiger partial charge on any atom is 0.411 e. The van der Waals surface area contributed by atoms with Gasteiger partial charge in [0.25, 0.3) is 0 Å². The molecule has 1 aliphatic rings. The summed E-state index contributed by atoms with van der Waals surface area (Å²) in [6.45, 7) is 3.70. The van der Waals surface area contributed by atoms with Gasteiger partial charge in [0, 0.05) is 13.1 Å². The lowest BCUT2D eigenvalue weighted by atomic mass is 10.2. The lowest BCUT2D eigenvalue weighted by molar-refractivity contribution is -0.0533. The second-order valence-electron chi connectivity index (χ2n) is 4.43. The molecule has 2 atom stereocenters. The minimum absolute atomic E-state index is 0.110. The first-order valence-corrected chi connectivity index (χ1v) is 6.57. The largest absolute Gasteiger partial charge is 0.446 e. The number of carbonyl (C=O) groups is 1. The Morgan fingerprint density at radius 1 is 1.53 bits per heavy atom. The molecule has 19 heavy (non-hydrogen) atoms. The van der Waals surface area contributed by atoms with Crippen molar-refractivity contribution in [2.75, 3.05) is 25.0 Å². The number of nitrogens with one attached hydrogen (secondary N) is 2. The molecule has 0 aliphatic carbocycles. The highest BCUT2D eigenvalue weighted by molar-refractivity contribution is 6.33. The van der Waals surface area contributed by atoms with E-state index in [0.717, 1.165) is 6.54 Å². The highest BCUT2D eigenvalue weighted by atomic mass is 35.5. The second kappa shape index (κ2) is 6.75. The van der Waals surface area contributed by atoms with E-state index in [2.05, 4.69) is 10.6 Å². The quantitative estimate of drug-likeness (QED) is 0.894. The van der Waals surface area contributed by atoms with Crippen molar-refractivity contribution in [2.24, 2.45) is 0 Å². The van der Waals surface area contributed by atoms with E-state index in [4.69, 9.17) is 21.1 Å². The van der Waals surface area contributed by atoms with Gasteiger partial charge in [0.1, 0.15) is 12.7 Å². The van der Waals surface area contributed by atoms with Gasteiger partial charge < -0.3 is 14.8 Å². The molecule has 1 saturated heterocycles. The Balaban J connectivity index is 1.77. The summed E-state index contributed by atoms with van der Waals surface area (Å²) in [7, 11) is 0. The van der Waals surface area contributed by atoms with E-state index in [9.17, 15) is 4.79 Å². The van der Waals surface area contributed by atoms with Crippen molar-refractivity contribution < 1.29 is 14.3 Å². The van der Waals surface area contributed by atoms with Crippen LogP contribution in [-0.4, -0.2) is 38.0 Å². The molecule has 2 rings (SSSR count). The fourth-order valence-corrected chi connectivity index (χ4v) is 2.03. The van der Waals surface area contributed by atoms with E-state index >= 15 is 0 Å². The first-order valence-electron chi connectivity index (χ1n) is 6.19. The molecule has 104 valence electrons. The lowest BCUT2D eigenvalue weighted by Crippen LogP contribution is -2.45. The third-order valence-electron chi connectivity index (χ3n) is 2.74. The van der Waals surface area contributed by atoms with Crippen LogP contribution in [-0.2, 0) is 9.47 Å². The summed E-state index contributed by atoms with van der Waals surface area (Å²) in [5.74, 6) is 0. The number of hydrogen-bond donors (Lipinski definition) is 2. The molecular weight excluding hydrogens is 268 g/mol. The molecule has 1 amide bonds. The number of amides is 1. The minimum Gasteiger partial charge on any atom is -0.446 e. The monoisotopic (exact) mass is 284 g/mol. The molecule has 0 spiro atoms. The van der Waals surface area contributed by atoms with Gasteiger partial charge in [-0.3, -0.25) is 5.32 Å². The Kier molecular flexibility index (Phi) is 5.01. The number of carbonyl (C=O) groups excluding carboxylic acids is 1. The maximum absolute atomic E-state index is 11.6. The fraction of sp³-hybridized carbons (Fsp3) is 0.462. The van der Waals surface area contributed by atoms with Gasteiger partial charge in [0.05, 0.1) is 16.8 Å². The van der Waals surface area contributed by atoms with Crippen LogP contribution in [0.25, 0.3) is 0 Å². The summed E-state index contributed by atoms with van der Waals surface area (Å²) in [5.41, 5.74) is 0.533. The molecule has 0 radical (unpaired) electrons. The lowest BCUT2D eigenvalue weighted by Gasteiger charge is -2.28. The summed E-state index contributed by atoms with van der Waals surface area (Å²) in [6, 6.07) is 7.00. The predicted molar refractivity (Wildman–Crippen MR) is 73.6 cm³/mol. The number of anilines is 1. The van der Waals surface area contributed by atoms with Gasteiger partial charge in [-0.05, 0) is 19.1 Å². The summed E-state index contributed by atoms with van der Waals surface area (Å²) in [4.78, 5) is 11.6. The Hall–Kier alpha value is -1.30. The molecule has 6 heteroatoms. The summed E-state index contributed by atoms with van der Waals surface area (Å²) >= 11 is 5.93. The van der Waals surface area contributed by atoms with Gasteiger partial charge >= 0.3 is 6.09 Å². The Morgan fingerprint density at radius 3 is 3.05 bits per heavy atom. The van der Waals surface area contributed by atoms with Crippen LogP contribution in [0.4, 0.5) is 10.5 Å². The number of benzene rings is 1. The molecule has 5 nitrogen and oxygen atoms in total. The molecule has 0 saturated carbocycles. The van der Waals surface area contributed by atoms with Crippen LogP contribution in [0.1, 0.15) is 6.92 Å². The minimum atomic E-state index is -0.532. The van der Waals surface area contributed by atoms with Crippen molar-refractivity contribution in [1.82, 2.24) is 5.32 Å². The normalized spacial score (nSPS) is 22.8. The van der Waals surface area contributed by atoms with Crippen molar-refractivity contribution >= 4 is 23.4 Å². The topological polar surface area (TPSA) is 59.6 Å². The third kappa shape index (κ3) is 4.38. The number of para-hydroxylation sites is 1. The van der Waals surface area contributed by atoms with Crippen molar-refractivity contribution in [3.8, 4) is 0 Å². The molecule has 0 bridgehead atoms.